The molecule has 98 valence electrons. The van der Waals surface area contributed by atoms with Gasteiger partial charge in [-0.2, -0.15) is 8.78 Å². The van der Waals surface area contributed by atoms with E-state index in [2.05, 4.69) is 11.6 Å². The second-order valence-electron chi connectivity index (χ2n) is 3.91. The van der Waals surface area contributed by atoms with Gasteiger partial charge in [-0.3, -0.25) is 0 Å². The topological polar surface area (TPSA) is 59.4 Å². The first-order valence-electron chi connectivity index (χ1n) is 5.10. The summed E-state index contributed by atoms with van der Waals surface area (Å²) in [6.07, 6.45) is 1.12. The second kappa shape index (κ2) is 5.12. The first kappa shape index (κ1) is 14.1. The van der Waals surface area contributed by atoms with E-state index in [-0.39, 0.29) is 17.0 Å². The Labute approximate surface area is 103 Å². The van der Waals surface area contributed by atoms with E-state index in [0.29, 0.717) is 5.56 Å². The Morgan fingerprint density at radius 1 is 1.61 bits per heavy atom. The van der Waals surface area contributed by atoms with Gasteiger partial charge in [0.2, 0.25) is 0 Å². The molecule has 0 amide bonds. The van der Waals surface area contributed by atoms with Gasteiger partial charge in [0.05, 0.1) is 6.20 Å². The number of ether oxygens (including phenoxy) is 1. The predicted octanol–water partition coefficient (Wildman–Crippen LogP) is 2.68. The fourth-order valence-electron chi connectivity index (χ4n) is 1.10. The second-order valence-corrected chi connectivity index (χ2v) is 3.91. The van der Waals surface area contributed by atoms with Gasteiger partial charge in [0.25, 0.3) is 0 Å². The number of hydrogen-bond donors (Lipinski definition) is 1. The van der Waals surface area contributed by atoms with Gasteiger partial charge < -0.3 is 9.84 Å². The van der Waals surface area contributed by atoms with Crippen LogP contribution in [0.25, 0.3) is 0 Å². The summed E-state index contributed by atoms with van der Waals surface area (Å²) in [5, 5.41) is 8.70. The lowest BCUT2D eigenvalue weighted by atomic mass is 10.2. The molecule has 1 rings (SSSR count). The molecule has 1 aromatic rings. The molecule has 18 heavy (non-hydrogen) atoms. The Bertz CT molecular complexity index is 486. The highest BCUT2D eigenvalue weighted by atomic mass is 19.3. The number of aromatic carboxylic acids is 1. The number of aryl methyl sites for hydroxylation is 1. The highest BCUT2D eigenvalue weighted by Gasteiger charge is 2.31. The monoisotopic (exact) mass is 257 g/mol. The summed E-state index contributed by atoms with van der Waals surface area (Å²) in [4.78, 5) is 14.2. The largest absolute Gasteiger partial charge is 0.485 e. The summed E-state index contributed by atoms with van der Waals surface area (Å²) in [5.41, 5.74) is -0.0262. The maximum Gasteiger partial charge on any atom is 0.354 e. The van der Waals surface area contributed by atoms with Crippen molar-refractivity contribution in [1.82, 2.24) is 4.98 Å². The number of rotatable bonds is 5. The van der Waals surface area contributed by atoms with Crippen LogP contribution < -0.4 is 4.74 Å². The van der Waals surface area contributed by atoms with E-state index in [1.165, 1.54) is 13.0 Å². The Hall–Kier alpha value is -1.98. The van der Waals surface area contributed by atoms with Crippen LogP contribution in [-0.2, 0) is 0 Å². The lowest BCUT2D eigenvalue weighted by molar-refractivity contribution is -0.00587. The number of halogens is 2. The summed E-state index contributed by atoms with van der Waals surface area (Å²) in [5.74, 6) is -4.18. The van der Waals surface area contributed by atoms with Gasteiger partial charge in [-0.15, -0.1) is 0 Å². The number of carboxylic acid groups (broad SMARTS) is 1. The van der Waals surface area contributed by atoms with Gasteiger partial charge in [0.15, 0.2) is 6.61 Å². The maximum absolute atomic E-state index is 13.2. The van der Waals surface area contributed by atoms with Crippen LogP contribution in [0.15, 0.2) is 24.4 Å². The zero-order valence-corrected chi connectivity index (χ0v) is 10.0. The van der Waals surface area contributed by atoms with E-state index in [1.807, 2.05) is 0 Å². The third-order valence-electron chi connectivity index (χ3n) is 2.32. The Balaban J connectivity index is 2.81. The number of hydrogen-bond acceptors (Lipinski definition) is 3. The van der Waals surface area contributed by atoms with Crippen molar-refractivity contribution in [2.24, 2.45) is 0 Å². The molecule has 4 nitrogen and oxygen atoms in total. The lowest BCUT2D eigenvalue weighted by Gasteiger charge is -2.17. The number of aromatic nitrogens is 1. The van der Waals surface area contributed by atoms with E-state index >= 15 is 0 Å². The van der Waals surface area contributed by atoms with Crippen molar-refractivity contribution in [2.45, 2.75) is 19.8 Å². The average molecular weight is 257 g/mol. The summed E-state index contributed by atoms with van der Waals surface area (Å²) in [6, 6.07) is 1.26. The quantitative estimate of drug-likeness (QED) is 0.824. The van der Waals surface area contributed by atoms with Gasteiger partial charge in [-0.1, -0.05) is 6.58 Å². The van der Waals surface area contributed by atoms with Crippen LogP contribution in [0.1, 0.15) is 23.0 Å². The molecule has 0 spiro atoms. The molecule has 1 N–H and O–H groups in total. The first-order chi connectivity index (χ1) is 8.24. The molecule has 0 aliphatic rings. The van der Waals surface area contributed by atoms with Crippen LogP contribution in [0.5, 0.6) is 5.75 Å². The van der Waals surface area contributed by atoms with E-state index < -0.39 is 18.5 Å². The van der Waals surface area contributed by atoms with Crippen LogP contribution in [0, 0.1) is 6.92 Å². The van der Waals surface area contributed by atoms with Crippen molar-refractivity contribution < 1.29 is 23.4 Å². The van der Waals surface area contributed by atoms with Crippen LogP contribution in [0.3, 0.4) is 0 Å². The zero-order valence-electron chi connectivity index (χ0n) is 10.0. The molecule has 1 heterocycles. The SMILES string of the molecule is C=C(C)C(F)(F)COc1cnc(C(=O)O)cc1C. The van der Waals surface area contributed by atoms with Crippen molar-refractivity contribution in [3.63, 3.8) is 0 Å². The summed E-state index contributed by atoms with van der Waals surface area (Å²) in [6.45, 7) is 5.09. The van der Waals surface area contributed by atoms with Gasteiger partial charge in [-0.25, -0.2) is 9.78 Å². The minimum atomic E-state index is -3.13. The molecular formula is C12H13F2NO3. The number of carboxylic acids is 1. The van der Waals surface area contributed by atoms with Crippen molar-refractivity contribution in [3.05, 3.63) is 35.7 Å². The van der Waals surface area contributed by atoms with Gasteiger partial charge in [0, 0.05) is 0 Å². The average Bonchev–Trinajstić information content (AvgIpc) is 2.26. The van der Waals surface area contributed by atoms with Crippen LogP contribution in [-0.4, -0.2) is 28.6 Å². The molecule has 0 aromatic carbocycles. The van der Waals surface area contributed by atoms with E-state index in [0.717, 1.165) is 6.20 Å². The molecule has 0 aliphatic heterocycles. The maximum atomic E-state index is 13.2. The molecule has 0 unspecified atom stereocenters. The minimum absolute atomic E-state index is 0.126. The molecule has 0 radical (unpaired) electrons. The number of alkyl halides is 2. The molecule has 0 fully saturated rings. The minimum Gasteiger partial charge on any atom is -0.485 e. The van der Waals surface area contributed by atoms with Crippen molar-refractivity contribution in [3.8, 4) is 5.75 Å². The number of pyridine rings is 1. The number of carbonyl (C=O) groups is 1. The molecule has 1 aromatic heterocycles. The predicted molar refractivity (Wildman–Crippen MR) is 61.2 cm³/mol. The van der Waals surface area contributed by atoms with E-state index in [4.69, 9.17) is 9.84 Å². The van der Waals surface area contributed by atoms with Crippen molar-refractivity contribution >= 4 is 5.97 Å². The van der Waals surface area contributed by atoms with Gasteiger partial charge in [-0.05, 0) is 31.1 Å². The third-order valence-corrected chi connectivity index (χ3v) is 2.32. The van der Waals surface area contributed by atoms with Crippen LogP contribution in [0.2, 0.25) is 0 Å². The van der Waals surface area contributed by atoms with Crippen molar-refractivity contribution in [2.75, 3.05) is 6.61 Å². The smallest absolute Gasteiger partial charge is 0.354 e. The Kier molecular flexibility index (Phi) is 4.00. The molecule has 6 heteroatoms. The lowest BCUT2D eigenvalue weighted by Crippen LogP contribution is -2.26. The third kappa shape index (κ3) is 3.26. The first-order valence-corrected chi connectivity index (χ1v) is 5.10. The summed E-state index contributed by atoms with van der Waals surface area (Å²) < 4.78 is 31.4. The molecule has 0 saturated heterocycles. The zero-order chi connectivity index (χ0) is 13.9. The van der Waals surface area contributed by atoms with Crippen molar-refractivity contribution in [1.29, 1.82) is 0 Å². The molecular weight excluding hydrogens is 244 g/mol. The van der Waals surface area contributed by atoms with Gasteiger partial charge in [0.1, 0.15) is 11.4 Å². The van der Waals surface area contributed by atoms with Crippen LogP contribution >= 0.6 is 0 Å². The van der Waals surface area contributed by atoms with Crippen LogP contribution in [0.4, 0.5) is 8.78 Å². The normalized spacial score (nSPS) is 11.1. The Morgan fingerprint density at radius 2 is 2.22 bits per heavy atom. The fourth-order valence-corrected chi connectivity index (χ4v) is 1.10. The van der Waals surface area contributed by atoms with E-state index in [1.54, 1.807) is 6.92 Å². The molecule has 0 saturated carbocycles. The van der Waals surface area contributed by atoms with E-state index in [9.17, 15) is 13.6 Å². The molecule has 0 bridgehead atoms. The molecule has 0 atom stereocenters. The highest BCUT2D eigenvalue weighted by Crippen LogP contribution is 2.25. The highest BCUT2D eigenvalue weighted by molar-refractivity contribution is 5.85. The summed E-state index contributed by atoms with van der Waals surface area (Å²) in [7, 11) is 0. The summed E-state index contributed by atoms with van der Waals surface area (Å²) >= 11 is 0. The fraction of sp³-hybridized carbons (Fsp3) is 0.333. The van der Waals surface area contributed by atoms with Gasteiger partial charge >= 0.3 is 11.9 Å². The standard InChI is InChI=1S/C12H13F2NO3/c1-7(2)12(13,14)6-18-10-5-15-9(11(16)17)4-8(10)3/h4-5H,1,6H2,2-3H3,(H,16,17). The Morgan fingerprint density at radius 3 is 2.67 bits per heavy atom. The number of nitrogens with zero attached hydrogens (tertiary/aromatic N) is 1. The molecule has 0 aliphatic carbocycles.